The van der Waals surface area contributed by atoms with E-state index in [-0.39, 0.29) is 10.7 Å². The van der Waals surface area contributed by atoms with Gasteiger partial charge in [-0.2, -0.15) is 0 Å². The van der Waals surface area contributed by atoms with Crippen LogP contribution in [0.25, 0.3) is 0 Å². The van der Waals surface area contributed by atoms with Crippen LogP contribution in [0.15, 0.2) is 24.3 Å². The maximum Gasteiger partial charge on any atom is 0.248 e. The first kappa shape index (κ1) is 13.7. The fraction of sp³-hybridized carbons (Fsp3) is 0.333. The van der Waals surface area contributed by atoms with Crippen LogP contribution in [0.2, 0.25) is 0 Å². The second kappa shape index (κ2) is 6.39. The van der Waals surface area contributed by atoms with E-state index in [2.05, 4.69) is 21.2 Å². The van der Waals surface area contributed by atoms with Crippen LogP contribution in [0.4, 0.5) is 0 Å². The lowest BCUT2D eigenvalue weighted by Crippen LogP contribution is -2.30. The minimum Gasteiger partial charge on any atom is -0.366 e. The van der Waals surface area contributed by atoms with Crippen LogP contribution in [-0.4, -0.2) is 16.6 Å². The average Bonchev–Trinajstić information content (AvgIpc) is 2.35. The lowest BCUT2D eigenvalue weighted by molar-refractivity contribution is -0.120. The number of benzene rings is 1. The summed E-state index contributed by atoms with van der Waals surface area (Å²) < 4.78 is 0. The summed E-state index contributed by atoms with van der Waals surface area (Å²) in [5.74, 6) is -0.487. The zero-order valence-electron chi connectivity index (χ0n) is 9.57. The Kier molecular flexibility index (Phi) is 5.15. The van der Waals surface area contributed by atoms with Gasteiger partial charge < -0.3 is 11.1 Å². The molecule has 0 heterocycles. The van der Waals surface area contributed by atoms with Crippen molar-refractivity contribution in [1.82, 2.24) is 5.32 Å². The number of halogens is 1. The summed E-state index contributed by atoms with van der Waals surface area (Å²) in [7, 11) is 0. The van der Waals surface area contributed by atoms with Crippen LogP contribution in [0.1, 0.15) is 29.3 Å². The van der Waals surface area contributed by atoms with E-state index in [1.165, 1.54) is 0 Å². The number of carbonyl (C=O) groups excluding carboxylic acids is 2. The molecule has 5 heteroatoms. The van der Waals surface area contributed by atoms with Gasteiger partial charge in [-0.15, -0.1) is 0 Å². The third-order valence-corrected chi connectivity index (χ3v) is 3.41. The Hall–Kier alpha value is -1.36. The summed E-state index contributed by atoms with van der Waals surface area (Å²) in [6, 6.07) is 6.84. The highest BCUT2D eigenvalue weighted by atomic mass is 79.9. The van der Waals surface area contributed by atoms with Crippen molar-refractivity contribution in [1.29, 1.82) is 0 Å². The zero-order valence-corrected chi connectivity index (χ0v) is 11.2. The van der Waals surface area contributed by atoms with Crippen molar-refractivity contribution in [3.8, 4) is 0 Å². The van der Waals surface area contributed by atoms with Crippen molar-refractivity contribution in [3.05, 3.63) is 35.4 Å². The van der Waals surface area contributed by atoms with E-state index in [1.807, 2.05) is 6.92 Å². The summed E-state index contributed by atoms with van der Waals surface area (Å²) in [6.45, 7) is 2.38. The molecule has 0 aromatic heterocycles. The highest BCUT2D eigenvalue weighted by Crippen LogP contribution is 2.06. The van der Waals surface area contributed by atoms with Gasteiger partial charge in [-0.25, -0.2) is 0 Å². The standard InChI is InChI=1S/C12H15BrN2O2/c1-2-10(13)12(17)15-7-8-3-5-9(6-4-8)11(14)16/h3-6,10H,2,7H2,1H3,(H2,14,16)(H,15,17). The van der Waals surface area contributed by atoms with Gasteiger partial charge in [0.05, 0.1) is 4.83 Å². The normalized spacial score (nSPS) is 11.9. The Bertz CT molecular complexity index is 403. The summed E-state index contributed by atoms with van der Waals surface area (Å²) in [6.07, 6.45) is 0.743. The molecule has 1 aromatic carbocycles. The summed E-state index contributed by atoms with van der Waals surface area (Å²) in [4.78, 5) is 22.2. The molecule has 0 saturated heterocycles. The van der Waals surface area contributed by atoms with Gasteiger partial charge in [-0.05, 0) is 24.1 Å². The molecule has 1 rings (SSSR count). The summed E-state index contributed by atoms with van der Waals surface area (Å²) >= 11 is 3.27. The van der Waals surface area contributed by atoms with Crippen LogP contribution in [0, 0.1) is 0 Å². The fourth-order valence-corrected chi connectivity index (χ4v) is 1.43. The van der Waals surface area contributed by atoms with Crippen molar-refractivity contribution in [2.24, 2.45) is 5.73 Å². The van der Waals surface area contributed by atoms with Gasteiger partial charge in [0.1, 0.15) is 0 Å². The largest absolute Gasteiger partial charge is 0.366 e. The molecular weight excluding hydrogens is 284 g/mol. The molecule has 2 amide bonds. The quantitative estimate of drug-likeness (QED) is 0.810. The number of primary amides is 1. The zero-order chi connectivity index (χ0) is 12.8. The molecule has 1 unspecified atom stereocenters. The highest BCUT2D eigenvalue weighted by molar-refractivity contribution is 9.10. The minimum atomic E-state index is -0.452. The van der Waals surface area contributed by atoms with E-state index in [0.29, 0.717) is 12.1 Å². The molecule has 17 heavy (non-hydrogen) atoms. The number of rotatable bonds is 5. The maximum atomic E-state index is 11.5. The fourth-order valence-electron chi connectivity index (χ4n) is 1.27. The van der Waals surface area contributed by atoms with E-state index in [1.54, 1.807) is 24.3 Å². The molecule has 0 saturated carbocycles. The second-order valence-corrected chi connectivity index (χ2v) is 4.76. The molecule has 4 nitrogen and oxygen atoms in total. The smallest absolute Gasteiger partial charge is 0.248 e. The van der Waals surface area contributed by atoms with Crippen molar-refractivity contribution < 1.29 is 9.59 Å². The van der Waals surface area contributed by atoms with Crippen molar-refractivity contribution in [2.75, 3.05) is 0 Å². The van der Waals surface area contributed by atoms with Crippen molar-refractivity contribution in [2.45, 2.75) is 24.7 Å². The molecule has 3 N–H and O–H groups in total. The number of nitrogens with one attached hydrogen (secondary N) is 1. The molecule has 1 atom stereocenters. The predicted octanol–water partition coefficient (Wildman–Crippen LogP) is 1.58. The van der Waals surface area contributed by atoms with Gasteiger partial charge in [-0.1, -0.05) is 35.0 Å². The molecule has 0 bridgehead atoms. The van der Waals surface area contributed by atoms with E-state index in [0.717, 1.165) is 12.0 Å². The van der Waals surface area contributed by atoms with Crippen LogP contribution < -0.4 is 11.1 Å². The topological polar surface area (TPSA) is 72.2 Å². The Morgan fingerprint density at radius 3 is 2.41 bits per heavy atom. The van der Waals surface area contributed by atoms with Crippen LogP contribution >= 0.6 is 15.9 Å². The molecule has 0 radical (unpaired) electrons. The molecule has 0 aliphatic rings. The molecule has 0 aliphatic heterocycles. The molecule has 0 spiro atoms. The first-order valence-electron chi connectivity index (χ1n) is 5.35. The Labute approximate surface area is 109 Å². The molecule has 1 aromatic rings. The van der Waals surface area contributed by atoms with Crippen LogP contribution in [0.3, 0.4) is 0 Å². The van der Waals surface area contributed by atoms with E-state index >= 15 is 0 Å². The first-order chi connectivity index (χ1) is 8.04. The van der Waals surface area contributed by atoms with Crippen LogP contribution in [0.5, 0.6) is 0 Å². The Balaban J connectivity index is 2.53. The number of hydrogen-bond donors (Lipinski definition) is 2. The van der Waals surface area contributed by atoms with E-state index in [9.17, 15) is 9.59 Å². The van der Waals surface area contributed by atoms with Gasteiger partial charge in [0.15, 0.2) is 0 Å². The lowest BCUT2D eigenvalue weighted by atomic mass is 10.1. The van der Waals surface area contributed by atoms with Crippen LogP contribution in [-0.2, 0) is 11.3 Å². The third-order valence-electron chi connectivity index (χ3n) is 2.35. The van der Waals surface area contributed by atoms with Crippen molar-refractivity contribution in [3.63, 3.8) is 0 Å². The Morgan fingerprint density at radius 2 is 1.94 bits per heavy atom. The van der Waals surface area contributed by atoms with E-state index in [4.69, 9.17) is 5.73 Å². The van der Waals surface area contributed by atoms with Crippen molar-refractivity contribution >= 4 is 27.7 Å². The number of amides is 2. The second-order valence-electron chi connectivity index (χ2n) is 3.65. The molecule has 92 valence electrons. The lowest BCUT2D eigenvalue weighted by Gasteiger charge is -2.08. The number of alkyl halides is 1. The van der Waals surface area contributed by atoms with Gasteiger partial charge in [0.2, 0.25) is 11.8 Å². The van der Waals surface area contributed by atoms with Gasteiger partial charge >= 0.3 is 0 Å². The monoisotopic (exact) mass is 298 g/mol. The third kappa shape index (κ3) is 4.19. The van der Waals surface area contributed by atoms with Gasteiger partial charge in [0, 0.05) is 12.1 Å². The number of carbonyl (C=O) groups is 2. The Morgan fingerprint density at radius 1 is 1.35 bits per heavy atom. The SMILES string of the molecule is CCC(Br)C(=O)NCc1ccc(C(N)=O)cc1. The highest BCUT2D eigenvalue weighted by Gasteiger charge is 2.11. The number of nitrogens with two attached hydrogens (primary N) is 1. The minimum absolute atomic E-state index is 0.0357. The molecule has 0 aliphatic carbocycles. The summed E-state index contributed by atoms with van der Waals surface area (Å²) in [5.41, 5.74) is 6.52. The summed E-state index contributed by atoms with van der Waals surface area (Å²) in [5, 5.41) is 2.80. The maximum absolute atomic E-state index is 11.5. The molecule has 0 fully saturated rings. The first-order valence-corrected chi connectivity index (χ1v) is 6.26. The van der Waals surface area contributed by atoms with Gasteiger partial charge in [0.25, 0.3) is 0 Å². The predicted molar refractivity (Wildman–Crippen MR) is 69.8 cm³/mol. The average molecular weight is 299 g/mol. The number of hydrogen-bond acceptors (Lipinski definition) is 2. The molecular formula is C12H15BrN2O2. The van der Waals surface area contributed by atoms with E-state index < -0.39 is 5.91 Å². The van der Waals surface area contributed by atoms with Gasteiger partial charge in [-0.3, -0.25) is 9.59 Å².